The number of carbonyl (C=O) groups excluding carboxylic acids is 2. The molecule has 0 radical (unpaired) electrons. The third-order valence-electron chi connectivity index (χ3n) is 13.3. The van der Waals surface area contributed by atoms with Crippen molar-refractivity contribution in [1.82, 2.24) is 4.90 Å². The van der Waals surface area contributed by atoms with E-state index < -0.39 is 39.6 Å². The fourth-order valence-electron chi connectivity index (χ4n) is 11.1. The van der Waals surface area contributed by atoms with Gasteiger partial charge in [-0.1, -0.05) is 62.4 Å². The molecule has 0 unspecified atom stereocenters. The number of hydrogen-bond donors (Lipinski definition) is 1. The predicted molar refractivity (Wildman–Crippen MR) is 160 cm³/mol. The highest BCUT2D eigenvalue weighted by atomic mass is 19.2. The maximum atomic E-state index is 14.5. The van der Waals surface area contributed by atoms with Crippen LogP contribution in [0.25, 0.3) is 0 Å². The Hall–Kier alpha value is -3.32. The maximum Gasteiger partial charge on any atom is 0.410 e. The number of allylic oxidation sites excluding steroid dienone is 4. The van der Waals surface area contributed by atoms with Crippen LogP contribution in [0, 0.1) is 45.1 Å². The first-order chi connectivity index (χ1) is 21.0. The molecule has 230 valence electrons. The molecule has 6 aliphatic carbocycles. The summed E-state index contributed by atoms with van der Waals surface area (Å²) in [6.07, 6.45) is 11.2. The normalized spacial score (nSPS) is 41.7. The number of rotatable bonds is 4. The van der Waals surface area contributed by atoms with Gasteiger partial charge in [0.05, 0.1) is 12.6 Å². The Bertz CT molecular complexity index is 1640. The van der Waals surface area contributed by atoms with E-state index >= 15 is 0 Å². The first-order valence-electron chi connectivity index (χ1n) is 16.1. The lowest BCUT2D eigenvalue weighted by Gasteiger charge is -2.71. The van der Waals surface area contributed by atoms with Crippen molar-refractivity contribution in [2.24, 2.45) is 33.5 Å². The second-order valence-corrected chi connectivity index (χ2v) is 14.9. The molecule has 2 bridgehead atoms. The molecule has 1 N–H and O–H groups in total. The van der Waals surface area contributed by atoms with Crippen molar-refractivity contribution in [3.63, 3.8) is 0 Å². The zero-order valence-corrected chi connectivity index (χ0v) is 25.3. The van der Waals surface area contributed by atoms with E-state index in [2.05, 4.69) is 32.1 Å². The van der Waals surface area contributed by atoms with Crippen LogP contribution in [0.2, 0.25) is 0 Å². The topological polar surface area (TPSA) is 66.8 Å². The summed E-state index contributed by atoms with van der Waals surface area (Å²) < 4.78 is 34.8. The van der Waals surface area contributed by atoms with Crippen molar-refractivity contribution in [2.45, 2.75) is 77.0 Å². The zero-order valence-electron chi connectivity index (χ0n) is 25.3. The van der Waals surface area contributed by atoms with Crippen molar-refractivity contribution >= 4 is 11.9 Å². The molecule has 1 amide bonds. The Kier molecular flexibility index (Phi) is 5.84. The lowest BCUT2D eigenvalue weighted by atomic mass is 9.32. The summed E-state index contributed by atoms with van der Waals surface area (Å²) in [5.74, 6) is -2.16. The second kappa shape index (κ2) is 9.12. The number of ether oxygens (including phenoxy) is 1. The fourth-order valence-corrected chi connectivity index (χ4v) is 11.1. The molecule has 3 spiro atoms. The molecule has 5 nitrogen and oxygen atoms in total. The summed E-state index contributed by atoms with van der Waals surface area (Å²) in [6.45, 7) is 5.58. The van der Waals surface area contributed by atoms with Crippen molar-refractivity contribution in [3.8, 4) is 0 Å². The van der Waals surface area contributed by atoms with E-state index in [4.69, 9.17) is 4.74 Å². The Morgan fingerprint density at radius 3 is 2.45 bits per heavy atom. The molecule has 0 aromatic heterocycles. The highest BCUT2D eigenvalue weighted by Crippen LogP contribution is 2.79. The average Bonchev–Trinajstić information content (AvgIpc) is 3.48. The van der Waals surface area contributed by atoms with Crippen molar-refractivity contribution in [2.75, 3.05) is 6.54 Å². The molecular formula is C37H39F2NO4. The lowest BCUT2D eigenvalue weighted by Crippen LogP contribution is -2.67. The SMILES string of the molecule is C[C@]12CC[C@H]3[C@@]4(C=C[C@@]5(C=C4C(=O)c4ccc(F)c(F)c4)C[C@@H](O)CC[C@]35C)[C@@H]1CC[C@@]21CN(Cc2ccccc2)C(=O)O1. The number of fused-ring (bicyclic) bond motifs is 2. The van der Waals surface area contributed by atoms with Gasteiger partial charge in [-0.3, -0.25) is 9.69 Å². The number of aliphatic hydroxyl groups is 1. The van der Waals surface area contributed by atoms with Gasteiger partial charge < -0.3 is 9.84 Å². The van der Waals surface area contributed by atoms with Crippen LogP contribution in [0.5, 0.6) is 0 Å². The zero-order chi connectivity index (χ0) is 30.7. The molecule has 7 aliphatic rings. The first kappa shape index (κ1) is 28.2. The molecule has 9 rings (SSSR count). The van der Waals surface area contributed by atoms with Crippen LogP contribution in [0.3, 0.4) is 0 Å². The molecule has 4 fully saturated rings. The van der Waals surface area contributed by atoms with E-state index in [0.717, 1.165) is 49.8 Å². The third-order valence-corrected chi connectivity index (χ3v) is 13.3. The summed E-state index contributed by atoms with van der Waals surface area (Å²) >= 11 is 0. The van der Waals surface area contributed by atoms with Crippen molar-refractivity contribution < 1.29 is 28.2 Å². The standard InChI is InChI=1S/C37H39F2NO4/c1-33-13-10-25(41)19-35(33)16-17-37(26(20-35)31(42)24-8-9-27(38)28(39)18-24)29(33)11-14-34(2)30(37)12-15-36(34)22-40(32(43)44-36)21-23-6-4-3-5-7-23/h3-9,16-18,20,25,29-30,41H,10-15,19,21-22H2,1-2H3/t25-,29+,30+,33+,34-,35-,36+,37-/m0/s1. The minimum atomic E-state index is -1.04. The Labute approximate surface area is 257 Å². The number of hydrogen-bond acceptors (Lipinski definition) is 4. The predicted octanol–water partition coefficient (Wildman–Crippen LogP) is 7.40. The highest BCUT2D eigenvalue weighted by Gasteiger charge is 2.76. The number of aliphatic hydroxyl groups excluding tert-OH is 1. The number of halogens is 2. The molecule has 1 saturated heterocycles. The number of amides is 1. The Morgan fingerprint density at radius 2 is 1.68 bits per heavy atom. The number of benzene rings is 2. The van der Waals surface area contributed by atoms with Gasteiger partial charge in [-0.2, -0.15) is 0 Å². The van der Waals surface area contributed by atoms with E-state index in [-0.39, 0.29) is 34.7 Å². The van der Waals surface area contributed by atoms with Crippen molar-refractivity contribution in [1.29, 1.82) is 0 Å². The molecule has 2 aromatic rings. The van der Waals surface area contributed by atoms with Gasteiger partial charge in [-0.05, 0) is 86.0 Å². The first-order valence-corrected chi connectivity index (χ1v) is 16.1. The fraction of sp³-hybridized carbons (Fsp3) is 0.514. The van der Waals surface area contributed by atoms with Gasteiger partial charge in [0.1, 0.15) is 5.60 Å². The monoisotopic (exact) mass is 599 g/mol. The molecule has 7 heteroatoms. The van der Waals surface area contributed by atoms with E-state index in [1.54, 1.807) is 0 Å². The number of ketones is 1. The largest absolute Gasteiger partial charge is 0.440 e. The number of Topliss-reactive ketones (excluding diaryl/α,β-unsaturated/α-hetero) is 1. The van der Waals surface area contributed by atoms with Gasteiger partial charge in [0.25, 0.3) is 0 Å². The smallest absolute Gasteiger partial charge is 0.410 e. The summed E-state index contributed by atoms with van der Waals surface area (Å²) in [5, 5.41) is 10.9. The van der Waals surface area contributed by atoms with E-state index in [1.807, 2.05) is 35.2 Å². The van der Waals surface area contributed by atoms with Crippen LogP contribution in [-0.2, 0) is 11.3 Å². The molecule has 2 aromatic carbocycles. The minimum absolute atomic E-state index is 0.0111. The number of nitrogens with zero attached hydrogens (tertiary/aromatic N) is 1. The van der Waals surface area contributed by atoms with Crippen LogP contribution in [0.4, 0.5) is 13.6 Å². The van der Waals surface area contributed by atoms with Crippen LogP contribution < -0.4 is 0 Å². The average molecular weight is 600 g/mol. The summed E-state index contributed by atoms with van der Waals surface area (Å²) in [5.41, 5.74) is -0.541. The third kappa shape index (κ3) is 3.42. The molecular weight excluding hydrogens is 560 g/mol. The van der Waals surface area contributed by atoms with E-state index in [0.29, 0.717) is 31.5 Å². The van der Waals surface area contributed by atoms with Gasteiger partial charge >= 0.3 is 6.09 Å². The molecule has 1 aliphatic heterocycles. The van der Waals surface area contributed by atoms with Crippen LogP contribution >= 0.6 is 0 Å². The summed E-state index contributed by atoms with van der Waals surface area (Å²) in [6, 6.07) is 13.4. The highest BCUT2D eigenvalue weighted by molar-refractivity contribution is 6.10. The number of carbonyl (C=O) groups is 2. The van der Waals surface area contributed by atoms with Gasteiger partial charge in [-0.25, -0.2) is 13.6 Å². The Morgan fingerprint density at radius 1 is 0.955 bits per heavy atom. The van der Waals surface area contributed by atoms with E-state index in [1.165, 1.54) is 6.07 Å². The van der Waals surface area contributed by atoms with Gasteiger partial charge in [-0.15, -0.1) is 0 Å². The minimum Gasteiger partial charge on any atom is -0.440 e. The summed E-state index contributed by atoms with van der Waals surface area (Å²) in [7, 11) is 0. The van der Waals surface area contributed by atoms with Crippen LogP contribution in [0.15, 0.2) is 72.3 Å². The quantitative estimate of drug-likeness (QED) is 0.294. The van der Waals surface area contributed by atoms with Gasteiger partial charge in [0.2, 0.25) is 0 Å². The Balaban J connectivity index is 1.24. The second-order valence-electron chi connectivity index (χ2n) is 14.9. The maximum absolute atomic E-state index is 14.5. The van der Waals surface area contributed by atoms with E-state index in [9.17, 15) is 23.5 Å². The van der Waals surface area contributed by atoms with Crippen LogP contribution in [-0.4, -0.2) is 40.1 Å². The summed E-state index contributed by atoms with van der Waals surface area (Å²) in [4.78, 5) is 29.8. The lowest BCUT2D eigenvalue weighted by molar-refractivity contribution is -0.164. The molecule has 3 saturated carbocycles. The van der Waals surface area contributed by atoms with Gasteiger partial charge in [0.15, 0.2) is 17.4 Å². The molecule has 44 heavy (non-hydrogen) atoms. The van der Waals surface area contributed by atoms with Gasteiger partial charge in [0, 0.05) is 33.9 Å². The molecule has 1 heterocycles. The van der Waals surface area contributed by atoms with Crippen LogP contribution in [0.1, 0.15) is 74.7 Å². The molecule has 8 atom stereocenters. The van der Waals surface area contributed by atoms with Crippen molar-refractivity contribution in [3.05, 3.63) is 95.1 Å².